The van der Waals surface area contributed by atoms with Gasteiger partial charge in [-0.05, 0) is 30.2 Å². The Kier molecular flexibility index (Phi) is 4.46. The number of carbonyl (C=O) groups excluding carboxylic acids is 2. The number of hydrogen-bond acceptors (Lipinski definition) is 4. The molecule has 0 unspecified atom stereocenters. The third-order valence-electron chi connectivity index (χ3n) is 4.19. The molecule has 1 aromatic heterocycles. The van der Waals surface area contributed by atoms with E-state index < -0.39 is 5.92 Å². The lowest BCUT2D eigenvalue weighted by Gasteiger charge is -2.19. The fraction of sp³-hybridized carbons (Fsp3) is 0.278. The number of amides is 2. The Bertz CT molecular complexity index is 776. The average Bonchev–Trinajstić information content (AvgIpc) is 2.98. The molecule has 24 heavy (non-hydrogen) atoms. The molecule has 0 saturated carbocycles. The van der Waals surface area contributed by atoms with Gasteiger partial charge < -0.3 is 15.3 Å². The number of aryl methyl sites for hydroxylation is 1. The topological polar surface area (TPSA) is 82.5 Å². The van der Waals surface area contributed by atoms with Crippen LogP contribution < -0.4 is 10.2 Å². The summed E-state index contributed by atoms with van der Waals surface area (Å²) in [6.45, 7) is 2.36. The van der Waals surface area contributed by atoms with Gasteiger partial charge in [0.25, 0.3) is 0 Å². The van der Waals surface area contributed by atoms with Crippen LogP contribution in [-0.2, 0) is 16.0 Å². The number of benzene rings is 1. The third-order valence-corrected chi connectivity index (χ3v) is 4.19. The Morgan fingerprint density at radius 1 is 1.33 bits per heavy atom. The van der Waals surface area contributed by atoms with E-state index in [1.807, 2.05) is 31.2 Å². The third kappa shape index (κ3) is 3.08. The predicted octanol–water partition coefficient (Wildman–Crippen LogP) is 2.34. The first-order valence-corrected chi connectivity index (χ1v) is 7.93. The normalized spacial score (nSPS) is 17.1. The number of aromatic hydroxyl groups is 1. The molecule has 1 atom stereocenters. The van der Waals surface area contributed by atoms with Crippen LogP contribution >= 0.6 is 0 Å². The van der Waals surface area contributed by atoms with Crippen LogP contribution in [0.25, 0.3) is 0 Å². The highest BCUT2D eigenvalue weighted by molar-refractivity contribution is 6.03. The Labute approximate surface area is 140 Å². The molecule has 0 spiro atoms. The summed E-state index contributed by atoms with van der Waals surface area (Å²) >= 11 is 0. The van der Waals surface area contributed by atoms with Gasteiger partial charge in [0, 0.05) is 24.8 Å². The van der Waals surface area contributed by atoms with Crippen molar-refractivity contribution in [2.75, 3.05) is 16.8 Å². The summed E-state index contributed by atoms with van der Waals surface area (Å²) in [5.41, 5.74) is 1.94. The maximum absolute atomic E-state index is 12.4. The molecule has 2 heterocycles. The molecule has 6 nitrogen and oxygen atoms in total. The molecule has 2 amide bonds. The number of nitrogens with one attached hydrogen (secondary N) is 1. The van der Waals surface area contributed by atoms with Crippen molar-refractivity contribution in [3.8, 4) is 5.75 Å². The highest BCUT2D eigenvalue weighted by Gasteiger charge is 2.36. The van der Waals surface area contributed by atoms with E-state index in [-0.39, 0.29) is 29.8 Å². The van der Waals surface area contributed by atoms with Crippen LogP contribution in [0.4, 0.5) is 11.5 Å². The zero-order valence-corrected chi connectivity index (χ0v) is 13.4. The molecule has 2 N–H and O–H groups in total. The maximum atomic E-state index is 12.4. The summed E-state index contributed by atoms with van der Waals surface area (Å²) in [6, 6.07) is 10.8. The number of rotatable bonds is 4. The molecule has 124 valence electrons. The Morgan fingerprint density at radius 2 is 2.12 bits per heavy atom. The van der Waals surface area contributed by atoms with Crippen LogP contribution in [0, 0.1) is 5.92 Å². The number of para-hydroxylation sites is 1. The second-order valence-corrected chi connectivity index (χ2v) is 5.75. The second-order valence-electron chi connectivity index (χ2n) is 5.75. The van der Waals surface area contributed by atoms with Gasteiger partial charge in [0.05, 0.1) is 5.92 Å². The molecule has 1 aliphatic heterocycles. The highest BCUT2D eigenvalue weighted by atomic mass is 16.3. The van der Waals surface area contributed by atoms with Crippen LogP contribution in [0.2, 0.25) is 0 Å². The van der Waals surface area contributed by atoms with Crippen molar-refractivity contribution in [3.63, 3.8) is 0 Å². The minimum Gasteiger partial charge on any atom is -0.504 e. The van der Waals surface area contributed by atoms with Crippen LogP contribution in [-0.4, -0.2) is 28.4 Å². The lowest BCUT2D eigenvalue weighted by molar-refractivity contribution is -0.122. The molecule has 1 aliphatic rings. The van der Waals surface area contributed by atoms with Crippen molar-refractivity contribution in [3.05, 3.63) is 48.2 Å². The zero-order chi connectivity index (χ0) is 17.1. The van der Waals surface area contributed by atoms with Crippen molar-refractivity contribution >= 4 is 23.3 Å². The lowest BCUT2D eigenvalue weighted by Crippen LogP contribution is -2.29. The van der Waals surface area contributed by atoms with Gasteiger partial charge in [-0.3, -0.25) is 9.59 Å². The predicted molar refractivity (Wildman–Crippen MR) is 90.8 cm³/mol. The van der Waals surface area contributed by atoms with Crippen molar-refractivity contribution in [1.82, 2.24) is 4.98 Å². The second kappa shape index (κ2) is 6.70. The fourth-order valence-electron chi connectivity index (χ4n) is 2.90. The fourth-order valence-corrected chi connectivity index (χ4v) is 2.90. The minimum atomic E-state index is -0.469. The summed E-state index contributed by atoms with van der Waals surface area (Å²) < 4.78 is 0. The molecule has 1 aromatic carbocycles. The Balaban J connectivity index is 1.75. The molecule has 0 radical (unpaired) electrons. The van der Waals surface area contributed by atoms with E-state index in [2.05, 4.69) is 10.3 Å². The van der Waals surface area contributed by atoms with Crippen LogP contribution in [0.15, 0.2) is 42.6 Å². The van der Waals surface area contributed by atoms with Gasteiger partial charge in [-0.2, -0.15) is 0 Å². The number of hydrogen-bond donors (Lipinski definition) is 2. The number of anilines is 2. The summed E-state index contributed by atoms with van der Waals surface area (Å²) in [5, 5.41) is 12.3. The van der Waals surface area contributed by atoms with Gasteiger partial charge in [0.15, 0.2) is 11.6 Å². The molecule has 2 aromatic rings. The van der Waals surface area contributed by atoms with Crippen molar-refractivity contribution in [1.29, 1.82) is 0 Å². The largest absolute Gasteiger partial charge is 0.504 e. The quantitative estimate of drug-likeness (QED) is 0.904. The van der Waals surface area contributed by atoms with E-state index in [1.54, 1.807) is 11.0 Å². The van der Waals surface area contributed by atoms with Crippen LogP contribution in [0.1, 0.15) is 18.9 Å². The first-order valence-electron chi connectivity index (χ1n) is 7.93. The Morgan fingerprint density at radius 3 is 2.88 bits per heavy atom. The summed E-state index contributed by atoms with van der Waals surface area (Å²) in [6.07, 6.45) is 2.45. The maximum Gasteiger partial charge on any atom is 0.231 e. The minimum absolute atomic E-state index is 0.0682. The van der Waals surface area contributed by atoms with Gasteiger partial charge in [0.2, 0.25) is 11.8 Å². The molecule has 3 rings (SSSR count). The zero-order valence-electron chi connectivity index (χ0n) is 13.4. The molecule has 0 aliphatic carbocycles. The molecule has 0 bridgehead atoms. The summed E-state index contributed by atoms with van der Waals surface area (Å²) in [7, 11) is 0. The van der Waals surface area contributed by atoms with Crippen molar-refractivity contribution in [2.45, 2.75) is 19.8 Å². The summed E-state index contributed by atoms with van der Waals surface area (Å²) in [4.78, 5) is 30.4. The van der Waals surface area contributed by atoms with Gasteiger partial charge in [-0.15, -0.1) is 0 Å². The molecule has 1 fully saturated rings. The van der Waals surface area contributed by atoms with E-state index in [1.165, 1.54) is 12.3 Å². The molecule has 6 heteroatoms. The van der Waals surface area contributed by atoms with E-state index in [9.17, 15) is 14.7 Å². The Hall–Kier alpha value is -2.89. The highest BCUT2D eigenvalue weighted by Crippen LogP contribution is 2.29. The van der Waals surface area contributed by atoms with Crippen LogP contribution in [0.5, 0.6) is 5.75 Å². The van der Waals surface area contributed by atoms with Gasteiger partial charge in [0.1, 0.15) is 0 Å². The molecule has 1 saturated heterocycles. The molecular weight excluding hydrogens is 306 g/mol. The van der Waals surface area contributed by atoms with Crippen LogP contribution in [0.3, 0.4) is 0 Å². The number of carbonyl (C=O) groups is 2. The van der Waals surface area contributed by atoms with E-state index in [0.29, 0.717) is 6.54 Å². The lowest BCUT2D eigenvalue weighted by atomic mass is 10.1. The van der Waals surface area contributed by atoms with E-state index >= 15 is 0 Å². The SMILES string of the molecule is CCc1ccccc1N1C[C@H](C(=O)Nc2ncccc2O)CC1=O. The van der Waals surface area contributed by atoms with Gasteiger partial charge in [-0.1, -0.05) is 25.1 Å². The van der Waals surface area contributed by atoms with Gasteiger partial charge in [-0.25, -0.2) is 4.98 Å². The average molecular weight is 325 g/mol. The first-order chi connectivity index (χ1) is 11.6. The van der Waals surface area contributed by atoms with Crippen molar-refractivity contribution in [2.24, 2.45) is 5.92 Å². The monoisotopic (exact) mass is 325 g/mol. The number of nitrogens with zero attached hydrogens (tertiary/aromatic N) is 2. The standard InChI is InChI=1S/C18H19N3O3/c1-2-12-6-3-4-7-14(12)21-11-13(10-16(21)23)18(24)20-17-15(22)8-5-9-19-17/h3-9,13,22H,2,10-11H2,1H3,(H,19,20,24)/t13-/m1/s1. The number of aromatic nitrogens is 1. The molecular formula is C18H19N3O3. The first kappa shape index (κ1) is 16.0. The summed E-state index contributed by atoms with van der Waals surface area (Å²) in [5.74, 6) is -0.829. The van der Waals surface area contributed by atoms with E-state index in [0.717, 1.165) is 17.7 Å². The van der Waals surface area contributed by atoms with Crippen molar-refractivity contribution < 1.29 is 14.7 Å². The smallest absolute Gasteiger partial charge is 0.231 e. The van der Waals surface area contributed by atoms with Gasteiger partial charge >= 0.3 is 0 Å². The van der Waals surface area contributed by atoms with E-state index in [4.69, 9.17) is 0 Å². The number of pyridine rings is 1.